The molecule has 2 heterocycles. The fourth-order valence-electron chi connectivity index (χ4n) is 4.21. The number of rotatable bonds is 7. The van der Waals surface area contributed by atoms with E-state index in [4.69, 9.17) is 4.98 Å². The zero-order valence-electron chi connectivity index (χ0n) is 17.5. The molecule has 1 aliphatic heterocycles. The largest absolute Gasteiger partial charge is 0.390 e. The van der Waals surface area contributed by atoms with Crippen LogP contribution in [0.25, 0.3) is 0 Å². The molecule has 1 aromatic rings. The van der Waals surface area contributed by atoms with E-state index in [1.165, 1.54) is 12.8 Å². The standard InChI is InChI=1S/C21H35N5O2/c1-21(2,3)20-23-18(14-27)13-19(24-20)26-10-8-25(9-11-26)7-6-16-4-5-17(12-16)22-15-28/h13,15-17,27H,4-12,14H2,1-3H3,(H,22,28). The maximum Gasteiger partial charge on any atom is 0.207 e. The summed E-state index contributed by atoms with van der Waals surface area (Å²) in [6, 6.07) is 2.30. The van der Waals surface area contributed by atoms with Gasteiger partial charge in [0, 0.05) is 43.7 Å². The van der Waals surface area contributed by atoms with E-state index in [1.807, 2.05) is 6.07 Å². The molecule has 28 heavy (non-hydrogen) atoms. The lowest BCUT2D eigenvalue weighted by molar-refractivity contribution is -0.110. The molecule has 1 saturated carbocycles. The molecule has 2 aliphatic rings. The molecule has 2 atom stereocenters. The van der Waals surface area contributed by atoms with Gasteiger partial charge in [-0.15, -0.1) is 0 Å². The third kappa shape index (κ3) is 5.41. The predicted octanol–water partition coefficient (Wildman–Crippen LogP) is 1.69. The zero-order valence-corrected chi connectivity index (χ0v) is 17.5. The minimum absolute atomic E-state index is 0.0556. The summed E-state index contributed by atoms with van der Waals surface area (Å²) in [5.74, 6) is 2.46. The van der Waals surface area contributed by atoms with Crippen molar-refractivity contribution in [2.24, 2.45) is 5.92 Å². The van der Waals surface area contributed by atoms with Gasteiger partial charge in [-0.2, -0.15) is 0 Å². The second-order valence-electron chi connectivity index (χ2n) is 9.23. The van der Waals surface area contributed by atoms with Crippen LogP contribution in [-0.2, 0) is 16.8 Å². The van der Waals surface area contributed by atoms with Gasteiger partial charge < -0.3 is 15.3 Å². The molecule has 0 radical (unpaired) electrons. The number of amides is 1. The van der Waals surface area contributed by atoms with Crippen molar-refractivity contribution in [3.63, 3.8) is 0 Å². The highest BCUT2D eigenvalue weighted by molar-refractivity contribution is 5.46. The second-order valence-corrected chi connectivity index (χ2v) is 9.23. The number of aromatic nitrogens is 2. The van der Waals surface area contributed by atoms with Crippen LogP contribution in [0.4, 0.5) is 5.82 Å². The monoisotopic (exact) mass is 389 g/mol. The molecular weight excluding hydrogens is 354 g/mol. The van der Waals surface area contributed by atoms with E-state index in [2.05, 4.69) is 40.9 Å². The van der Waals surface area contributed by atoms with Gasteiger partial charge in [0.15, 0.2) is 0 Å². The molecule has 1 saturated heterocycles. The van der Waals surface area contributed by atoms with E-state index < -0.39 is 0 Å². The van der Waals surface area contributed by atoms with Gasteiger partial charge in [0.25, 0.3) is 0 Å². The Morgan fingerprint density at radius 3 is 2.61 bits per heavy atom. The molecule has 7 nitrogen and oxygen atoms in total. The smallest absolute Gasteiger partial charge is 0.207 e. The Labute approximate surface area is 168 Å². The van der Waals surface area contributed by atoms with E-state index in [-0.39, 0.29) is 12.0 Å². The Kier molecular flexibility index (Phi) is 6.88. The maximum atomic E-state index is 10.6. The zero-order chi connectivity index (χ0) is 20.1. The van der Waals surface area contributed by atoms with Crippen LogP contribution in [-0.4, -0.2) is 65.2 Å². The Morgan fingerprint density at radius 2 is 1.96 bits per heavy atom. The van der Waals surface area contributed by atoms with Gasteiger partial charge in [-0.1, -0.05) is 20.8 Å². The number of hydrogen-bond acceptors (Lipinski definition) is 6. The van der Waals surface area contributed by atoms with Crippen LogP contribution in [0.3, 0.4) is 0 Å². The number of aliphatic hydroxyl groups excluding tert-OH is 1. The number of anilines is 1. The van der Waals surface area contributed by atoms with Crippen LogP contribution < -0.4 is 10.2 Å². The predicted molar refractivity (Wildman–Crippen MR) is 110 cm³/mol. The van der Waals surface area contributed by atoms with Crippen LogP contribution in [0.2, 0.25) is 0 Å². The molecule has 0 aromatic carbocycles. The first-order valence-corrected chi connectivity index (χ1v) is 10.6. The number of aliphatic hydroxyl groups is 1. The van der Waals surface area contributed by atoms with E-state index in [9.17, 15) is 9.90 Å². The van der Waals surface area contributed by atoms with Gasteiger partial charge >= 0.3 is 0 Å². The topological polar surface area (TPSA) is 81.6 Å². The summed E-state index contributed by atoms with van der Waals surface area (Å²) in [6.07, 6.45) is 5.53. The fraction of sp³-hybridized carbons (Fsp3) is 0.762. The summed E-state index contributed by atoms with van der Waals surface area (Å²) >= 11 is 0. The molecule has 7 heteroatoms. The van der Waals surface area contributed by atoms with Gasteiger partial charge in [0.2, 0.25) is 6.41 Å². The van der Waals surface area contributed by atoms with Crippen LogP contribution in [0.15, 0.2) is 6.07 Å². The molecule has 156 valence electrons. The molecule has 2 N–H and O–H groups in total. The Balaban J connectivity index is 1.51. The fourth-order valence-corrected chi connectivity index (χ4v) is 4.21. The van der Waals surface area contributed by atoms with Crippen molar-refractivity contribution < 1.29 is 9.90 Å². The second kappa shape index (κ2) is 9.18. The third-order valence-electron chi connectivity index (χ3n) is 5.99. The molecule has 1 aromatic heterocycles. The number of hydrogen-bond donors (Lipinski definition) is 2. The van der Waals surface area contributed by atoms with Crippen molar-refractivity contribution >= 4 is 12.2 Å². The first-order chi connectivity index (χ1) is 13.4. The van der Waals surface area contributed by atoms with Crippen LogP contribution in [0, 0.1) is 5.92 Å². The van der Waals surface area contributed by atoms with Crippen molar-refractivity contribution in [1.82, 2.24) is 20.2 Å². The van der Waals surface area contributed by atoms with Crippen molar-refractivity contribution in [1.29, 1.82) is 0 Å². The summed E-state index contributed by atoms with van der Waals surface area (Å²) in [5.41, 5.74) is 0.552. The summed E-state index contributed by atoms with van der Waals surface area (Å²) in [5, 5.41) is 12.5. The molecule has 1 aliphatic carbocycles. The first-order valence-electron chi connectivity index (χ1n) is 10.6. The van der Waals surface area contributed by atoms with Crippen LogP contribution >= 0.6 is 0 Å². The lowest BCUT2D eigenvalue weighted by Crippen LogP contribution is -2.47. The van der Waals surface area contributed by atoms with Gasteiger partial charge in [-0.25, -0.2) is 9.97 Å². The Morgan fingerprint density at radius 1 is 1.21 bits per heavy atom. The quantitative estimate of drug-likeness (QED) is 0.691. The highest BCUT2D eigenvalue weighted by Gasteiger charge is 2.26. The number of piperazine rings is 1. The summed E-state index contributed by atoms with van der Waals surface area (Å²) in [6.45, 7) is 11.3. The van der Waals surface area contributed by atoms with Crippen LogP contribution in [0.1, 0.15) is 58.0 Å². The molecule has 3 rings (SSSR count). The molecule has 2 unspecified atom stereocenters. The lowest BCUT2D eigenvalue weighted by atomic mass is 9.95. The van der Waals surface area contributed by atoms with Crippen molar-refractivity contribution in [2.45, 2.75) is 64.5 Å². The average Bonchev–Trinajstić information content (AvgIpc) is 3.13. The van der Waals surface area contributed by atoms with E-state index in [0.717, 1.165) is 69.5 Å². The normalized spacial score (nSPS) is 23.8. The SMILES string of the molecule is CC(C)(C)c1nc(CO)cc(N2CCN(CCC3CCC(NC=O)C3)CC2)n1. The minimum atomic E-state index is -0.139. The van der Waals surface area contributed by atoms with Gasteiger partial charge in [-0.05, 0) is 38.1 Å². The van der Waals surface area contributed by atoms with Crippen molar-refractivity contribution in [3.05, 3.63) is 17.6 Å². The average molecular weight is 390 g/mol. The van der Waals surface area contributed by atoms with E-state index >= 15 is 0 Å². The van der Waals surface area contributed by atoms with E-state index in [1.54, 1.807) is 0 Å². The highest BCUT2D eigenvalue weighted by atomic mass is 16.3. The van der Waals surface area contributed by atoms with Gasteiger partial charge in [0.1, 0.15) is 11.6 Å². The van der Waals surface area contributed by atoms with Crippen molar-refractivity contribution in [2.75, 3.05) is 37.6 Å². The Bertz CT molecular complexity index is 653. The Hall–Kier alpha value is -1.73. The van der Waals surface area contributed by atoms with Gasteiger partial charge in [-0.3, -0.25) is 9.69 Å². The highest BCUT2D eigenvalue weighted by Crippen LogP contribution is 2.28. The summed E-state index contributed by atoms with van der Waals surface area (Å²) in [7, 11) is 0. The number of nitrogens with zero attached hydrogens (tertiary/aromatic N) is 4. The molecule has 0 spiro atoms. The first kappa shape index (κ1) is 21.0. The number of carbonyl (C=O) groups is 1. The summed E-state index contributed by atoms with van der Waals surface area (Å²) in [4.78, 5) is 24.7. The number of nitrogens with one attached hydrogen (secondary N) is 1. The third-order valence-corrected chi connectivity index (χ3v) is 5.99. The lowest BCUT2D eigenvalue weighted by Gasteiger charge is -2.36. The molecule has 2 fully saturated rings. The van der Waals surface area contributed by atoms with Crippen LogP contribution in [0.5, 0.6) is 0 Å². The molecular formula is C21H35N5O2. The summed E-state index contributed by atoms with van der Waals surface area (Å²) < 4.78 is 0. The molecule has 1 amide bonds. The maximum absolute atomic E-state index is 10.6. The van der Waals surface area contributed by atoms with E-state index in [0.29, 0.717) is 11.7 Å². The van der Waals surface area contributed by atoms with Crippen molar-refractivity contribution in [3.8, 4) is 0 Å². The van der Waals surface area contributed by atoms with Gasteiger partial charge in [0.05, 0.1) is 12.3 Å². The minimum Gasteiger partial charge on any atom is -0.390 e. The number of carbonyl (C=O) groups excluding carboxylic acids is 1. The molecule has 0 bridgehead atoms.